The molecule has 0 bridgehead atoms. The largest absolute Gasteiger partial charge is 0.497 e. The van der Waals surface area contributed by atoms with E-state index in [1.54, 1.807) is 12.0 Å². The number of benzene rings is 2. The molecule has 2 saturated carbocycles. The van der Waals surface area contributed by atoms with Crippen LogP contribution in [0.4, 0.5) is 5.95 Å². The van der Waals surface area contributed by atoms with Gasteiger partial charge in [0, 0.05) is 29.4 Å². The molecule has 0 saturated heterocycles. The summed E-state index contributed by atoms with van der Waals surface area (Å²) in [4.78, 5) is 32.8. The minimum absolute atomic E-state index is 0.0681. The van der Waals surface area contributed by atoms with Crippen LogP contribution in [0.2, 0.25) is 0 Å². The van der Waals surface area contributed by atoms with Gasteiger partial charge < -0.3 is 9.64 Å². The van der Waals surface area contributed by atoms with Gasteiger partial charge in [0.1, 0.15) is 12.3 Å². The van der Waals surface area contributed by atoms with Crippen molar-refractivity contribution in [2.24, 2.45) is 5.92 Å². The van der Waals surface area contributed by atoms with Crippen LogP contribution in [0.5, 0.6) is 5.75 Å². The molecule has 0 atom stereocenters. The van der Waals surface area contributed by atoms with Crippen LogP contribution in [0.15, 0.2) is 54.7 Å². The van der Waals surface area contributed by atoms with E-state index in [4.69, 9.17) is 9.72 Å². The zero-order valence-corrected chi connectivity index (χ0v) is 20.4. The summed E-state index contributed by atoms with van der Waals surface area (Å²) < 4.78 is 7.16. The van der Waals surface area contributed by atoms with Crippen molar-refractivity contribution >= 4 is 17.8 Å². The van der Waals surface area contributed by atoms with Gasteiger partial charge in [-0.3, -0.25) is 19.5 Å². The summed E-state index contributed by atoms with van der Waals surface area (Å²) in [6.45, 7) is 2.11. The highest BCUT2D eigenvalue weighted by Crippen LogP contribution is 2.33. The van der Waals surface area contributed by atoms with Gasteiger partial charge in [-0.1, -0.05) is 30.5 Å². The van der Waals surface area contributed by atoms with Crippen LogP contribution in [0.25, 0.3) is 16.9 Å². The Hall–Kier alpha value is -3.61. The maximum absolute atomic E-state index is 13.2. The van der Waals surface area contributed by atoms with Gasteiger partial charge >= 0.3 is 0 Å². The fraction of sp³-hybridized carbons (Fsp3) is 0.393. The Labute approximate surface area is 206 Å². The van der Waals surface area contributed by atoms with E-state index in [1.807, 2.05) is 66.2 Å². The Morgan fingerprint density at radius 1 is 1.03 bits per heavy atom. The average Bonchev–Trinajstić information content (AvgIpc) is 3.39. The number of nitrogens with zero attached hydrogens (tertiary/aromatic N) is 3. The highest BCUT2D eigenvalue weighted by atomic mass is 16.5. The molecule has 0 aliphatic heterocycles. The van der Waals surface area contributed by atoms with E-state index in [9.17, 15) is 9.59 Å². The summed E-state index contributed by atoms with van der Waals surface area (Å²) in [7, 11) is 1.64. The number of aromatic nitrogens is 2. The Balaban J connectivity index is 1.39. The number of rotatable bonds is 8. The first-order chi connectivity index (χ1) is 17.0. The van der Waals surface area contributed by atoms with Crippen molar-refractivity contribution in [3.8, 4) is 22.7 Å². The van der Waals surface area contributed by atoms with Gasteiger partial charge in [0.25, 0.3) is 0 Å². The highest BCUT2D eigenvalue weighted by molar-refractivity contribution is 5.94. The van der Waals surface area contributed by atoms with Crippen molar-refractivity contribution in [3.05, 3.63) is 60.3 Å². The number of hydrogen-bond donors (Lipinski definition) is 1. The zero-order valence-electron chi connectivity index (χ0n) is 20.4. The van der Waals surface area contributed by atoms with Crippen molar-refractivity contribution in [1.82, 2.24) is 14.5 Å². The first kappa shape index (κ1) is 23.1. The second-order valence-corrected chi connectivity index (χ2v) is 9.61. The predicted molar refractivity (Wildman–Crippen MR) is 136 cm³/mol. The van der Waals surface area contributed by atoms with Crippen molar-refractivity contribution < 1.29 is 14.3 Å². The predicted octanol–water partition coefficient (Wildman–Crippen LogP) is 4.98. The average molecular weight is 473 g/mol. The molecule has 2 aliphatic rings. The molecule has 7 nitrogen and oxygen atoms in total. The molecule has 2 amide bonds. The van der Waals surface area contributed by atoms with Gasteiger partial charge in [-0.15, -0.1) is 0 Å². The lowest BCUT2D eigenvalue weighted by Gasteiger charge is -2.25. The van der Waals surface area contributed by atoms with Gasteiger partial charge in [-0.2, -0.15) is 0 Å². The first-order valence-electron chi connectivity index (χ1n) is 12.4. The third kappa shape index (κ3) is 5.24. The quantitative estimate of drug-likeness (QED) is 0.502. The number of ether oxygens (including phenoxy) is 1. The molecule has 0 unspecified atom stereocenters. The number of carbonyl (C=O) groups excluding carboxylic acids is 2. The molecule has 0 radical (unpaired) electrons. The fourth-order valence-electron chi connectivity index (χ4n) is 4.77. The molecule has 1 N–H and O–H groups in total. The Kier molecular flexibility index (Phi) is 6.57. The molecule has 7 heteroatoms. The van der Waals surface area contributed by atoms with Gasteiger partial charge in [0.05, 0.1) is 12.8 Å². The summed E-state index contributed by atoms with van der Waals surface area (Å²) in [5.41, 5.74) is 3.72. The van der Waals surface area contributed by atoms with Crippen molar-refractivity contribution in [2.75, 3.05) is 19.0 Å². The van der Waals surface area contributed by atoms with Crippen LogP contribution in [-0.4, -0.2) is 46.0 Å². The smallest absolute Gasteiger partial charge is 0.246 e. The van der Waals surface area contributed by atoms with Gasteiger partial charge in [-0.05, 0) is 69.0 Å². The van der Waals surface area contributed by atoms with E-state index >= 15 is 0 Å². The zero-order chi connectivity index (χ0) is 24.4. The van der Waals surface area contributed by atoms with E-state index in [0.29, 0.717) is 5.95 Å². The molecule has 5 rings (SSSR count). The van der Waals surface area contributed by atoms with E-state index in [-0.39, 0.29) is 30.3 Å². The van der Waals surface area contributed by atoms with Crippen LogP contribution in [-0.2, 0) is 9.59 Å². The standard InChI is InChI=1S/C28H32N4O3/c1-19-7-11-23(12-8-19)32-17-25(20-9-15-24(35-2)16-10-20)29-28(32)30-26(33)18-31(22-13-14-22)27(34)21-5-3-4-6-21/h7-12,15-17,21-22H,3-6,13-14,18H2,1-2H3,(H,29,30,33). The van der Waals surface area contributed by atoms with Crippen LogP contribution >= 0.6 is 0 Å². The van der Waals surface area contributed by atoms with Crippen LogP contribution in [0, 0.1) is 12.8 Å². The monoisotopic (exact) mass is 472 g/mol. The summed E-state index contributed by atoms with van der Waals surface area (Å²) in [6, 6.07) is 15.9. The van der Waals surface area contributed by atoms with Crippen molar-refractivity contribution in [1.29, 1.82) is 0 Å². The van der Waals surface area contributed by atoms with Crippen molar-refractivity contribution in [3.63, 3.8) is 0 Å². The Bertz CT molecular complexity index is 1190. The van der Waals surface area contributed by atoms with Gasteiger partial charge in [-0.25, -0.2) is 4.98 Å². The van der Waals surface area contributed by atoms with Crippen LogP contribution in [0.1, 0.15) is 44.1 Å². The normalized spacial score (nSPS) is 15.7. The molecule has 182 valence electrons. The number of hydrogen-bond acceptors (Lipinski definition) is 4. The molecule has 2 fully saturated rings. The third-order valence-electron chi connectivity index (χ3n) is 6.94. The van der Waals surface area contributed by atoms with E-state index < -0.39 is 0 Å². The number of aryl methyl sites for hydroxylation is 1. The summed E-state index contributed by atoms with van der Waals surface area (Å²) >= 11 is 0. The number of methoxy groups -OCH3 is 1. The van der Waals surface area contributed by atoms with E-state index in [0.717, 1.165) is 66.8 Å². The molecule has 1 aromatic heterocycles. The molecule has 3 aromatic rings. The van der Waals surface area contributed by atoms with Gasteiger partial charge in [0.2, 0.25) is 17.8 Å². The molecule has 2 aliphatic carbocycles. The molecule has 1 heterocycles. The lowest BCUT2D eigenvalue weighted by atomic mass is 10.1. The number of imidazole rings is 1. The number of carbonyl (C=O) groups is 2. The van der Waals surface area contributed by atoms with Crippen LogP contribution < -0.4 is 10.1 Å². The van der Waals surface area contributed by atoms with E-state index in [1.165, 1.54) is 0 Å². The summed E-state index contributed by atoms with van der Waals surface area (Å²) in [5, 5.41) is 2.99. The Morgan fingerprint density at radius 2 is 1.71 bits per heavy atom. The lowest BCUT2D eigenvalue weighted by Crippen LogP contribution is -2.42. The summed E-state index contributed by atoms with van der Waals surface area (Å²) in [6.07, 6.45) is 7.95. The highest BCUT2D eigenvalue weighted by Gasteiger charge is 2.37. The maximum atomic E-state index is 13.2. The molecule has 35 heavy (non-hydrogen) atoms. The number of nitrogens with one attached hydrogen (secondary N) is 1. The maximum Gasteiger partial charge on any atom is 0.246 e. The summed E-state index contributed by atoms with van der Waals surface area (Å²) in [5.74, 6) is 1.20. The molecule has 2 aromatic carbocycles. The lowest BCUT2D eigenvalue weighted by molar-refractivity contribution is -0.138. The molecular weight excluding hydrogens is 440 g/mol. The van der Waals surface area contributed by atoms with Crippen LogP contribution in [0.3, 0.4) is 0 Å². The number of anilines is 1. The van der Waals surface area contributed by atoms with Gasteiger partial charge in [0.15, 0.2) is 0 Å². The molecule has 0 spiro atoms. The Morgan fingerprint density at radius 3 is 2.34 bits per heavy atom. The third-order valence-corrected chi connectivity index (χ3v) is 6.94. The van der Waals surface area contributed by atoms with E-state index in [2.05, 4.69) is 5.32 Å². The SMILES string of the molecule is COc1ccc(-c2cn(-c3ccc(C)cc3)c(NC(=O)CN(C(=O)C3CCCC3)C3CC3)n2)cc1. The van der Waals surface area contributed by atoms with Crippen molar-refractivity contribution in [2.45, 2.75) is 51.5 Å². The second-order valence-electron chi connectivity index (χ2n) is 9.61. The minimum Gasteiger partial charge on any atom is -0.497 e. The topological polar surface area (TPSA) is 76.5 Å². The second kappa shape index (κ2) is 9.94. The molecular formula is C28H32N4O3. The first-order valence-corrected chi connectivity index (χ1v) is 12.4. The fourth-order valence-corrected chi connectivity index (χ4v) is 4.77. The minimum atomic E-state index is -0.219. The number of amides is 2.